The van der Waals surface area contributed by atoms with E-state index in [-0.39, 0.29) is 5.78 Å². The fourth-order valence-corrected chi connectivity index (χ4v) is 2.08. The smallest absolute Gasteiger partial charge is 0.185 e. The van der Waals surface area contributed by atoms with Gasteiger partial charge in [-0.25, -0.2) is 8.93 Å². The Hall–Kier alpha value is -2.04. The molecule has 104 valence electrons. The Morgan fingerprint density at radius 1 is 1.20 bits per heavy atom. The van der Waals surface area contributed by atoms with E-state index in [1.807, 2.05) is 0 Å². The van der Waals surface area contributed by atoms with Gasteiger partial charge in [0, 0.05) is 5.56 Å². The van der Waals surface area contributed by atoms with Crippen LogP contribution in [0, 0.1) is 0 Å². The highest BCUT2D eigenvalue weighted by Gasteiger charge is 2.04. The Labute approximate surface area is 122 Å². The molecule has 0 saturated heterocycles. The zero-order chi connectivity index (χ0) is 15.0. The quantitative estimate of drug-likeness (QED) is 0.476. The second-order valence-corrected chi connectivity index (χ2v) is 5.22. The van der Waals surface area contributed by atoms with Gasteiger partial charge in [-0.15, -0.1) is 0 Å². The molecule has 0 amide bonds. The Morgan fingerprint density at radius 2 is 1.85 bits per heavy atom. The number of hydrogen-bond donors (Lipinski definition) is 1. The minimum absolute atomic E-state index is 0.122. The lowest BCUT2D eigenvalue weighted by Gasteiger charge is -2.01. The second kappa shape index (κ2) is 8.19. The summed E-state index contributed by atoms with van der Waals surface area (Å²) in [5, 5.41) is 0. The molecule has 20 heavy (non-hydrogen) atoms. The van der Waals surface area contributed by atoms with Crippen molar-refractivity contribution in [3.8, 4) is 0 Å². The molecule has 0 bridgehead atoms. The third-order valence-electron chi connectivity index (χ3n) is 2.51. The first-order valence-corrected chi connectivity index (χ1v) is 7.14. The summed E-state index contributed by atoms with van der Waals surface area (Å²) in [6.45, 7) is 7.24. The van der Waals surface area contributed by atoms with Crippen molar-refractivity contribution in [3.05, 3.63) is 78.9 Å². The standard InChI is InChI=1S/C16H17NO2S/c1-4-6-13(5-2)7-12-16(18)14-8-10-15(11-9-14)20(19)17-3/h4-12,17H,1-2H2,3H3/b12-7+,13-6+. The van der Waals surface area contributed by atoms with Gasteiger partial charge >= 0.3 is 0 Å². The van der Waals surface area contributed by atoms with E-state index in [1.165, 1.54) is 6.08 Å². The summed E-state index contributed by atoms with van der Waals surface area (Å²) in [6.07, 6.45) is 8.19. The monoisotopic (exact) mass is 287 g/mol. The Balaban J connectivity index is 2.85. The summed E-state index contributed by atoms with van der Waals surface area (Å²) < 4.78 is 14.1. The molecule has 0 radical (unpaired) electrons. The fourth-order valence-electron chi connectivity index (χ4n) is 1.46. The van der Waals surface area contributed by atoms with Crippen molar-refractivity contribution in [2.24, 2.45) is 0 Å². The zero-order valence-electron chi connectivity index (χ0n) is 11.3. The van der Waals surface area contributed by atoms with Gasteiger partial charge in [0.1, 0.15) is 11.0 Å². The molecule has 1 aromatic carbocycles. The highest BCUT2D eigenvalue weighted by atomic mass is 32.2. The first kappa shape index (κ1) is 16.0. The van der Waals surface area contributed by atoms with Crippen LogP contribution in [0.15, 0.2) is 78.3 Å². The van der Waals surface area contributed by atoms with Crippen LogP contribution in [0.1, 0.15) is 10.4 Å². The molecule has 0 spiro atoms. The average molecular weight is 287 g/mol. The second-order valence-electron chi connectivity index (χ2n) is 3.80. The summed E-state index contributed by atoms with van der Waals surface area (Å²) in [4.78, 5) is 12.6. The molecule has 0 aliphatic carbocycles. The van der Waals surface area contributed by atoms with Crippen LogP contribution in [0.5, 0.6) is 0 Å². The van der Waals surface area contributed by atoms with Gasteiger partial charge in [-0.1, -0.05) is 37.5 Å². The van der Waals surface area contributed by atoms with Crippen LogP contribution in [-0.4, -0.2) is 17.0 Å². The number of allylic oxidation sites excluding steroid dienone is 6. The van der Waals surface area contributed by atoms with E-state index in [1.54, 1.807) is 55.6 Å². The summed E-state index contributed by atoms with van der Waals surface area (Å²) in [6, 6.07) is 6.65. The molecule has 0 aromatic heterocycles. The van der Waals surface area contributed by atoms with Crippen molar-refractivity contribution >= 4 is 16.8 Å². The molecular formula is C16H17NO2S. The molecule has 1 rings (SSSR count). The van der Waals surface area contributed by atoms with Gasteiger partial charge in [0.2, 0.25) is 0 Å². The summed E-state index contributed by atoms with van der Waals surface area (Å²) >= 11 is 0. The molecular weight excluding hydrogens is 270 g/mol. The number of nitrogens with one attached hydrogen (secondary N) is 1. The van der Waals surface area contributed by atoms with E-state index in [0.717, 1.165) is 5.57 Å². The molecule has 0 aliphatic rings. The Morgan fingerprint density at radius 3 is 2.35 bits per heavy atom. The van der Waals surface area contributed by atoms with Gasteiger partial charge in [-0.3, -0.25) is 4.79 Å². The van der Waals surface area contributed by atoms with Gasteiger partial charge in [-0.05, 0) is 43.0 Å². The zero-order valence-corrected chi connectivity index (χ0v) is 12.2. The van der Waals surface area contributed by atoms with Crippen molar-refractivity contribution in [1.82, 2.24) is 4.72 Å². The van der Waals surface area contributed by atoms with Crippen LogP contribution in [0.2, 0.25) is 0 Å². The SMILES string of the molecule is C=C/C=C(C=C)/C=C/C(=O)c1ccc(S(=O)NC)cc1. The van der Waals surface area contributed by atoms with E-state index in [0.29, 0.717) is 10.5 Å². The number of benzene rings is 1. The van der Waals surface area contributed by atoms with Crippen LogP contribution in [0.3, 0.4) is 0 Å². The van der Waals surface area contributed by atoms with Crippen molar-refractivity contribution < 1.29 is 9.00 Å². The lowest BCUT2D eigenvalue weighted by Crippen LogP contribution is -2.10. The molecule has 1 atom stereocenters. The molecule has 1 aromatic rings. The van der Waals surface area contributed by atoms with Crippen molar-refractivity contribution in [2.45, 2.75) is 4.90 Å². The largest absolute Gasteiger partial charge is 0.289 e. The van der Waals surface area contributed by atoms with Gasteiger partial charge < -0.3 is 0 Å². The number of hydrogen-bond acceptors (Lipinski definition) is 2. The predicted octanol–water partition coefficient (Wildman–Crippen LogP) is 2.97. The summed E-state index contributed by atoms with van der Waals surface area (Å²) in [5.74, 6) is -0.122. The highest BCUT2D eigenvalue weighted by Crippen LogP contribution is 2.09. The Kier molecular flexibility index (Phi) is 6.56. The number of ketones is 1. The lowest BCUT2D eigenvalue weighted by molar-refractivity contribution is 0.104. The van der Waals surface area contributed by atoms with Crippen molar-refractivity contribution in [3.63, 3.8) is 0 Å². The average Bonchev–Trinajstić information content (AvgIpc) is 2.50. The lowest BCUT2D eigenvalue weighted by atomic mass is 10.1. The molecule has 0 saturated carbocycles. The van der Waals surface area contributed by atoms with E-state index in [9.17, 15) is 9.00 Å². The van der Waals surface area contributed by atoms with Crippen LogP contribution in [0.4, 0.5) is 0 Å². The molecule has 1 N–H and O–H groups in total. The van der Waals surface area contributed by atoms with Crippen molar-refractivity contribution in [2.75, 3.05) is 7.05 Å². The van der Waals surface area contributed by atoms with Gasteiger partial charge in [0.05, 0.1) is 4.90 Å². The Bertz CT molecular complexity index is 583. The van der Waals surface area contributed by atoms with Crippen molar-refractivity contribution in [1.29, 1.82) is 0 Å². The van der Waals surface area contributed by atoms with E-state index >= 15 is 0 Å². The van der Waals surface area contributed by atoms with Crippen LogP contribution >= 0.6 is 0 Å². The van der Waals surface area contributed by atoms with Gasteiger partial charge in [-0.2, -0.15) is 0 Å². The third kappa shape index (κ3) is 4.57. The molecule has 1 unspecified atom stereocenters. The summed E-state index contributed by atoms with van der Waals surface area (Å²) in [7, 11) is 0.372. The maximum atomic E-state index is 12.0. The summed E-state index contributed by atoms with van der Waals surface area (Å²) in [5.41, 5.74) is 1.35. The topological polar surface area (TPSA) is 46.2 Å². The van der Waals surface area contributed by atoms with E-state index in [4.69, 9.17) is 0 Å². The maximum absolute atomic E-state index is 12.0. The first-order valence-electron chi connectivity index (χ1n) is 5.99. The number of carbonyl (C=O) groups is 1. The number of carbonyl (C=O) groups excluding carboxylic acids is 1. The molecule has 0 aliphatic heterocycles. The fraction of sp³-hybridized carbons (Fsp3) is 0.0625. The molecule has 0 heterocycles. The normalized spacial score (nSPS) is 13.2. The molecule has 3 nitrogen and oxygen atoms in total. The third-order valence-corrected chi connectivity index (χ3v) is 3.58. The van der Waals surface area contributed by atoms with Gasteiger partial charge in [0.15, 0.2) is 5.78 Å². The highest BCUT2D eigenvalue weighted by molar-refractivity contribution is 7.83. The maximum Gasteiger partial charge on any atom is 0.185 e. The van der Waals surface area contributed by atoms with Crippen LogP contribution in [0.25, 0.3) is 0 Å². The van der Waals surface area contributed by atoms with Crippen LogP contribution in [-0.2, 0) is 11.0 Å². The van der Waals surface area contributed by atoms with Crippen LogP contribution < -0.4 is 4.72 Å². The predicted molar refractivity (Wildman–Crippen MR) is 83.9 cm³/mol. The minimum atomic E-state index is -1.24. The van der Waals surface area contributed by atoms with E-state index in [2.05, 4.69) is 17.9 Å². The minimum Gasteiger partial charge on any atom is -0.289 e. The van der Waals surface area contributed by atoms with E-state index < -0.39 is 11.0 Å². The van der Waals surface area contributed by atoms with Gasteiger partial charge in [0.25, 0.3) is 0 Å². The molecule has 0 fully saturated rings. The molecule has 4 heteroatoms. The first-order chi connectivity index (χ1) is 9.62. The number of rotatable bonds is 7.